The van der Waals surface area contributed by atoms with E-state index in [1.807, 2.05) is 12.1 Å². The number of fused-ring (bicyclic) bond motifs is 2. The smallest absolute Gasteiger partial charge is 0.126 e. The normalized spacial score (nSPS) is 30.7. The first-order valence-electron chi connectivity index (χ1n) is 7.75. The summed E-state index contributed by atoms with van der Waals surface area (Å²) in [6.07, 6.45) is 7.43. The first-order valence-corrected chi connectivity index (χ1v) is 7.75. The molecule has 2 bridgehead atoms. The van der Waals surface area contributed by atoms with Crippen molar-refractivity contribution in [1.82, 2.24) is 5.32 Å². The molecule has 0 amide bonds. The lowest BCUT2D eigenvalue weighted by Crippen LogP contribution is -2.37. The fourth-order valence-corrected chi connectivity index (χ4v) is 3.89. The van der Waals surface area contributed by atoms with Gasteiger partial charge in [0.1, 0.15) is 5.82 Å². The van der Waals surface area contributed by atoms with Crippen LogP contribution in [0.15, 0.2) is 30.4 Å². The van der Waals surface area contributed by atoms with Crippen LogP contribution in [-0.4, -0.2) is 6.04 Å². The molecule has 1 aromatic rings. The van der Waals surface area contributed by atoms with Crippen LogP contribution >= 0.6 is 0 Å². The van der Waals surface area contributed by atoms with Crippen LogP contribution in [0, 0.1) is 30.5 Å². The monoisotopic (exact) mass is 273 g/mol. The molecule has 2 aliphatic carbocycles. The van der Waals surface area contributed by atoms with Crippen molar-refractivity contribution in [3.05, 3.63) is 47.3 Å². The van der Waals surface area contributed by atoms with E-state index in [1.165, 1.54) is 12.8 Å². The van der Waals surface area contributed by atoms with E-state index in [0.717, 1.165) is 23.3 Å². The molecule has 5 unspecified atom stereocenters. The minimum Gasteiger partial charge on any atom is -0.307 e. The Hall–Kier alpha value is -1.15. The second-order valence-corrected chi connectivity index (χ2v) is 6.63. The van der Waals surface area contributed by atoms with Crippen LogP contribution in [-0.2, 0) is 0 Å². The van der Waals surface area contributed by atoms with Crippen molar-refractivity contribution in [1.29, 1.82) is 0 Å². The van der Waals surface area contributed by atoms with Gasteiger partial charge in [-0.05, 0) is 68.6 Å². The van der Waals surface area contributed by atoms with E-state index in [1.54, 1.807) is 13.0 Å². The molecule has 0 spiro atoms. The van der Waals surface area contributed by atoms with Gasteiger partial charge in [0.05, 0.1) is 0 Å². The Bertz CT molecular complexity index is 522. The maximum Gasteiger partial charge on any atom is 0.126 e. The predicted molar refractivity (Wildman–Crippen MR) is 81.0 cm³/mol. The van der Waals surface area contributed by atoms with Gasteiger partial charge >= 0.3 is 0 Å². The molecule has 0 aliphatic heterocycles. The van der Waals surface area contributed by atoms with Gasteiger partial charge in [-0.2, -0.15) is 0 Å². The van der Waals surface area contributed by atoms with Gasteiger partial charge in [-0.1, -0.05) is 24.3 Å². The molecular formula is C18H24FN. The van der Waals surface area contributed by atoms with E-state index in [4.69, 9.17) is 0 Å². The first kappa shape index (κ1) is 13.8. The van der Waals surface area contributed by atoms with Gasteiger partial charge in [0.2, 0.25) is 0 Å². The fraction of sp³-hybridized carbons (Fsp3) is 0.556. The van der Waals surface area contributed by atoms with Crippen molar-refractivity contribution in [2.75, 3.05) is 0 Å². The molecular weight excluding hydrogens is 249 g/mol. The standard InChI is InChI=1S/C18H24FN/c1-11-4-6-15(10-18(11)19)12(2)20-13(3)17-9-14-5-7-16(17)8-14/h4-7,10,12-14,16-17,20H,8-9H2,1-3H3. The van der Waals surface area contributed by atoms with Crippen molar-refractivity contribution < 1.29 is 4.39 Å². The third-order valence-electron chi connectivity index (χ3n) is 5.18. The number of benzene rings is 1. The molecule has 1 fully saturated rings. The fourth-order valence-electron chi connectivity index (χ4n) is 3.89. The Morgan fingerprint density at radius 1 is 1.20 bits per heavy atom. The molecule has 0 saturated heterocycles. The molecule has 2 aliphatic rings. The maximum atomic E-state index is 13.7. The van der Waals surface area contributed by atoms with Crippen LogP contribution in [0.25, 0.3) is 0 Å². The van der Waals surface area contributed by atoms with Crippen molar-refractivity contribution in [3.63, 3.8) is 0 Å². The molecule has 1 saturated carbocycles. The first-order chi connectivity index (χ1) is 9.54. The second-order valence-electron chi connectivity index (χ2n) is 6.63. The number of nitrogens with one attached hydrogen (secondary N) is 1. The minimum atomic E-state index is -0.105. The van der Waals surface area contributed by atoms with Crippen LogP contribution in [0.5, 0.6) is 0 Å². The van der Waals surface area contributed by atoms with E-state index in [-0.39, 0.29) is 11.9 Å². The Morgan fingerprint density at radius 3 is 2.60 bits per heavy atom. The summed E-state index contributed by atoms with van der Waals surface area (Å²) in [5.74, 6) is 2.19. The number of aryl methyl sites for hydroxylation is 1. The van der Waals surface area contributed by atoms with Gasteiger partial charge in [0.15, 0.2) is 0 Å². The molecule has 3 rings (SSSR count). The van der Waals surface area contributed by atoms with Gasteiger partial charge in [0.25, 0.3) is 0 Å². The van der Waals surface area contributed by atoms with E-state index in [9.17, 15) is 4.39 Å². The second kappa shape index (κ2) is 5.33. The number of halogens is 1. The van der Waals surface area contributed by atoms with Gasteiger partial charge in [-0.25, -0.2) is 4.39 Å². The zero-order valence-corrected chi connectivity index (χ0v) is 12.6. The summed E-state index contributed by atoms with van der Waals surface area (Å²) in [6, 6.07) is 6.25. The summed E-state index contributed by atoms with van der Waals surface area (Å²) < 4.78 is 13.7. The van der Waals surface area contributed by atoms with Crippen LogP contribution in [0.2, 0.25) is 0 Å². The zero-order valence-electron chi connectivity index (χ0n) is 12.6. The lowest BCUT2D eigenvalue weighted by atomic mass is 9.87. The van der Waals surface area contributed by atoms with E-state index < -0.39 is 0 Å². The predicted octanol–water partition coefficient (Wildman–Crippen LogP) is 4.39. The Balaban J connectivity index is 1.64. The van der Waals surface area contributed by atoms with Gasteiger partial charge in [-0.15, -0.1) is 0 Å². The molecule has 0 heterocycles. The molecule has 0 aromatic heterocycles. The number of allylic oxidation sites excluding steroid dienone is 2. The molecule has 0 radical (unpaired) electrons. The summed E-state index contributed by atoms with van der Waals surface area (Å²) in [5.41, 5.74) is 1.76. The largest absolute Gasteiger partial charge is 0.307 e. The van der Waals surface area contributed by atoms with Gasteiger partial charge in [0, 0.05) is 12.1 Å². The molecule has 5 atom stereocenters. The summed E-state index contributed by atoms with van der Waals surface area (Å²) in [5, 5.41) is 3.67. The molecule has 20 heavy (non-hydrogen) atoms. The molecule has 1 N–H and O–H groups in total. The SMILES string of the molecule is Cc1ccc(C(C)NC(C)C2CC3C=CC2C3)cc1F. The highest BCUT2D eigenvalue weighted by molar-refractivity contribution is 5.25. The average Bonchev–Trinajstić information content (AvgIpc) is 3.04. The number of hydrogen-bond acceptors (Lipinski definition) is 1. The third kappa shape index (κ3) is 2.54. The summed E-state index contributed by atoms with van der Waals surface area (Å²) in [7, 11) is 0. The van der Waals surface area contributed by atoms with Crippen molar-refractivity contribution >= 4 is 0 Å². The molecule has 108 valence electrons. The highest BCUT2D eigenvalue weighted by Crippen LogP contribution is 2.45. The van der Waals surface area contributed by atoms with E-state index >= 15 is 0 Å². The lowest BCUT2D eigenvalue weighted by molar-refractivity contribution is 0.307. The zero-order chi connectivity index (χ0) is 14.3. The lowest BCUT2D eigenvalue weighted by Gasteiger charge is -2.29. The van der Waals surface area contributed by atoms with Gasteiger partial charge in [-0.3, -0.25) is 0 Å². The molecule has 2 heteroatoms. The molecule has 1 aromatic carbocycles. The number of rotatable bonds is 4. The van der Waals surface area contributed by atoms with Gasteiger partial charge < -0.3 is 5.32 Å². The average molecular weight is 273 g/mol. The maximum absolute atomic E-state index is 13.7. The van der Waals surface area contributed by atoms with Crippen LogP contribution < -0.4 is 5.32 Å². The van der Waals surface area contributed by atoms with Crippen molar-refractivity contribution in [2.45, 2.75) is 45.7 Å². The van der Waals surface area contributed by atoms with Crippen LogP contribution in [0.4, 0.5) is 4.39 Å². The Kier molecular flexibility index (Phi) is 3.68. The van der Waals surface area contributed by atoms with Crippen LogP contribution in [0.3, 0.4) is 0 Å². The highest BCUT2D eigenvalue weighted by atomic mass is 19.1. The van der Waals surface area contributed by atoms with E-state index in [2.05, 4.69) is 31.3 Å². The number of hydrogen-bond donors (Lipinski definition) is 1. The molecule has 1 nitrogen and oxygen atoms in total. The minimum absolute atomic E-state index is 0.105. The highest BCUT2D eigenvalue weighted by Gasteiger charge is 2.38. The summed E-state index contributed by atoms with van der Waals surface area (Å²) in [6.45, 7) is 6.21. The van der Waals surface area contributed by atoms with E-state index in [0.29, 0.717) is 11.6 Å². The van der Waals surface area contributed by atoms with Crippen molar-refractivity contribution in [3.8, 4) is 0 Å². The Labute approximate surface area is 121 Å². The van der Waals surface area contributed by atoms with Crippen LogP contribution in [0.1, 0.15) is 43.9 Å². The topological polar surface area (TPSA) is 12.0 Å². The quantitative estimate of drug-likeness (QED) is 0.802. The summed E-state index contributed by atoms with van der Waals surface area (Å²) in [4.78, 5) is 0. The summed E-state index contributed by atoms with van der Waals surface area (Å²) >= 11 is 0. The van der Waals surface area contributed by atoms with Crippen molar-refractivity contribution in [2.24, 2.45) is 17.8 Å². The Morgan fingerprint density at radius 2 is 2.00 bits per heavy atom. The third-order valence-corrected chi connectivity index (χ3v) is 5.18.